The number of rotatable bonds is 5. The molecule has 0 fully saturated rings. The molecule has 1 aromatic carbocycles. The van der Waals surface area contributed by atoms with E-state index in [0.29, 0.717) is 16.3 Å². The molecule has 1 amide bonds. The van der Waals surface area contributed by atoms with Crippen molar-refractivity contribution >= 4 is 38.3 Å². The number of carbonyl (C=O) groups is 1. The third-order valence-electron chi connectivity index (χ3n) is 2.90. The van der Waals surface area contributed by atoms with Gasteiger partial charge >= 0.3 is 0 Å². The summed E-state index contributed by atoms with van der Waals surface area (Å²) < 4.78 is 18.3. The highest BCUT2D eigenvalue weighted by molar-refractivity contribution is 9.10. The van der Waals surface area contributed by atoms with Crippen molar-refractivity contribution in [3.05, 3.63) is 46.8 Å². The number of furan rings is 1. The lowest BCUT2D eigenvalue weighted by Crippen LogP contribution is -2.35. The maximum atomic E-state index is 12.4. The fraction of sp³-hybridized carbons (Fsp3) is 0.214. The van der Waals surface area contributed by atoms with Gasteiger partial charge in [-0.25, -0.2) is 0 Å². The molecule has 2 unspecified atom stereocenters. The van der Waals surface area contributed by atoms with Crippen LogP contribution < -0.4 is 11.1 Å². The van der Waals surface area contributed by atoms with Crippen LogP contribution in [0.15, 0.2) is 50.4 Å². The van der Waals surface area contributed by atoms with Crippen molar-refractivity contribution in [3.8, 4) is 0 Å². The molecule has 1 aromatic heterocycles. The summed E-state index contributed by atoms with van der Waals surface area (Å²) in [5.41, 5.74) is 6.22. The number of carbonyl (C=O) groups excluding carboxylic acids is 1. The summed E-state index contributed by atoms with van der Waals surface area (Å²) in [7, 11) is -1.53. The Hall–Kier alpha value is -1.60. The van der Waals surface area contributed by atoms with Crippen molar-refractivity contribution in [3.63, 3.8) is 0 Å². The molecule has 1 heterocycles. The summed E-state index contributed by atoms with van der Waals surface area (Å²) in [5, 5.41) is 1.98. The average Bonchev–Trinajstić information content (AvgIpc) is 2.99. The minimum absolute atomic E-state index is 0.265. The molecule has 2 rings (SSSR count). The maximum absolute atomic E-state index is 12.4. The molecule has 7 heteroatoms. The van der Waals surface area contributed by atoms with E-state index >= 15 is 0 Å². The summed E-state index contributed by atoms with van der Waals surface area (Å²) >= 11 is 3.30. The Morgan fingerprint density at radius 1 is 1.48 bits per heavy atom. The van der Waals surface area contributed by atoms with E-state index in [4.69, 9.17) is 10.2 Å². The van der Waals surface area contributed by atoms with Gasteiger partial charge in [-0.3, -0.25) is 9.00 Å². The van der Waals surface area contributed by atoms with Crippen molar-refractivity contribution in [1.29, 1.82) is 0 Å². The van der Waals surface area contributed by atoms with Crippen LogP contribution in [-0.2, 0) is 22.1 Å². The minimum atomic E-state index is -1.53. The molecule has 0 saturated carbocycles. The van der Waals surface area contributed by atoms with Crippen LogP contribution >= 0.6 is 15.9 Å². The van der Waals surface area contributed by atoms with Gasteiger partial charge < -0.3 is 15.5 Å². The Morgan fingerprint density at radius 2 is 2.24 bits per heavy atom. The van der Waals surface area contributed by atoms with Crippen LogP contribution in [0.5, 0.6) is 0 Å². The van der Waals surface area contributed by atoms with E-state index < -0.39 is 16.0 Å². The highest BCUT2D eigenvalue weighted by atomic mass is 79.9. The second-order valence-electron chi connectivity index (χ2n) is 4.42. The largest absolute Gasteiger partial charge is 0.467 e. The number of nitrogen functional groups attached to an aromatic ring is 1. The van der Waals surface area contributed by atoms with E-state index in [9.17, 15) is 9.00 Å². The smallest absolute Gasteiger partial charge is 0.236 e. The van der Waals surface area contributed by atoms with Gasteiger partial charge in [0, 0.05) is 10.2 Å². The van der Waals surface area contributed by atoms with E-state index in [1.165, 1.54) is 6.26 Å². The predicted molar refractivity (Wildman–Crippen MR) is 85.0 cm³/mol. The van der Waals surface area contributed by atoms with E-state index in [-0.39, 0.29) is 12.5 Å². The first-order valence-electron chi connectivity index (χ1n) is 6.24. The zero-order valence-corrected chi connectivity index (χ0v) is 13.7. The van der Waals surface area contributed by atoms with E-state index in [1.54, 1.807) is 37.3 Å². The standard InChI is InChI=1S/C14H15BrN2O3S/c1-9(14(18)17-8-11-3-2-6-20-11)21(19)13-7-10(15)4-5-12(13)16/h2-7,9H,8,16H2,1H3,(H,17,18). The lowest BCUT2D eigenvalue weighted by molar-refractivity contribution is -0.120. The monoisotopic (exact) mass is 370 g/mol. The van der Waals surface area contributed by atoms with Gasteiger partial charge in [0.05, 0.1) is 28.5 Å². The normalized spacial score (nSPS) is 13.6. The van der Waals surface area contributed by atoms with Crippen molar-refractivity contribution in [2.24, 2.45) is 0 Å². The van der Waals surface area contributed by atoms with Crippen LogP contribution in [0, 0.1) is 0 Å². The highest BCUT2D eigenvalue weighted by Crippen LogP contribution is 2.23. The van der Waals surface area contributed by atoms with Gasteiger partial charge in [0.15, 0.2) is 0 Å². The number of amides is 1. The summed E-state index contributed by atoms with van der Waals surface area (Å²) in [6.07, 6.45) is 1.53. The summed E-state index contributed by atoms with van der Waals surface area (Å²) in [5.74, 6) is 0.326. The summed E-state index contributed by atoms with van der Waals surface area (Å²) in [6, 6.07) is 8.59. The molecule has 0 spiro atoms. The van der Waals surface area contributed by atoms with Crippen LogP contribution in [-0.4, -0.2) is 15.4 Å². The van der Waals surface area contributed by atoms with Crippen molar-refractivity contribution in [2.45, 2.75) is 23.6 Å². The van der Waals surface area contributed by atoms with Crippen LogP contribution in [0.3, 0.4) is 0 Å². The Balaban J connectivity index is 2.04. The zero-order chi connectivity index (χ0) is 15.4. The lowest BCUT2D eigenvalue weighted by atomic mass is 10.3. The van der Waals surface area contributed by atoms with E-state index in [1.807, 2.05) is 0 Å². The van der Waals surface area contributed by atoms with E-state index in [2.05, 4.69) is 21.2 Å². The Morgan fingerprint density at radius 3 is 2.90 bits per heavy atom. The first kappa shape index (κ1) is 15.8. The van der Waals surface area contributed by atoms with Gasteiger partial charge in [-0.2, -0.15) is 0 Å². The molecule has 2 aromatic rings. The molecule has 0 radical (unpaired) electrons. The third kappa shape index (κ3) is 3.95. The summed E-state index contributed by atoms with van der Waals surface area (Å²) in [4.78, 5) is 12.5. The average molecular weight is 371 g/mol. The number of nitrogens with two attached hydrogens (primary N) is 1. The number of hydrogen-bond acceptors (Lipinski definition) is 4. The first-order valence-corrected chi connectivity index (χ1v) is 8.25. The van der Waals surface area contributed by atoms with Gasteiger partial charge in [-0.1, -0.05) is 15.9 Å². The molecule has 5 nitrogen and oxygen atoms in total. The third-order valence-corrected chi connectivity index (χ3v) is 5.04. The zero-order valence-electron chi connectivity index (χ0n) is 11.3. The molecule has 0 bridgehead atoms. The quantitative estimate of drug-likeness (QED) is 0.791. The van der Waals surface area contributed by atoms with Gasteiger partial charge in [0.2, 0.25) is 5.91 Å². The molecule has 21 heavy (non-hydrogen) atoms. The van der Waals surface area contributed by atoms with Crippen molar-refractivity contribution in [1.82, 2.24) is 5.32 Å². The highest BCUT2D eigenvalue weighted by Gasteiger charge is 2.23. The Kier molecular flexibility index (Phi) is 5.19. The van der Waals surface area contributed by atoms with Gasteiger partial charge in [0.25, 0.3) is 0 Å². The van der Waals surface area contributed by atoms with Crippen molar-refractivity contribution in [2.75, 3.05) is 5.73 Å². The summed E-state index contributed by atoms with van der Waals surface area (Å²) in [6.45, 7) is 1.87. The molecule has 0 aliphatic carbocycles. The second-order valence-corrected chi connectivity index (χ2v) is 7.08. The predicted octanol–water partition coefficient (Wildman–Crippen LogP) is 2.44. The minimum Gasteiger partial charge on any atom is -0.467 e. The van der Waals surface area contributed by atoms with Gasteiger partial charge in [-0.15, -0.1) is 0 Å². The van der Waals surface area contributed by atoms with Crippen LogP contribution in [0.4, 0.5) is 5.69 Å². The van der Waals surface area contributed by atoms with Gasteiger partial charge in [-0.05, 0) is 37.3 Å². The molecule has 0 aliphatic rings. The van der Waals surface area contributed by atoms with Crippen LogP contribution in [0.2, 0.25) is 0 Å². The fourth-order valence-corrected chi connectivity index (χ4v) is 3.42. The van der Waals surface area contributed by atoms with Crippen molar-refractivity contribution < 1.29 is 13.4 Å². The molecule has 3 N–H and O–H groups in total. The molecular formula is C14H15BrN2O3S. The number of anilines is 1. The molecule has 2 atom stereocenters. The Bertz CT molecular complexity index is 658. The number of hydrogen-bond donors (Lipinski definition) is 2. The van der Waals surface area contributed by atoms with E-state index in [0.717, 1.165) is 4.47 Å². The Labute approximate surface area is 133 Å². The number of nitrogens with one attached hydrogen (secondary N) is 1. The molecule has 0 saturated heterocycles. The first-order chi connectivity index (χ1) is 9.99. The fourth-order valence-electron chi connectivity index (χ4n) is 1.70. The molecule has 0 aliphatic heterocycles. The number of benzene rings is 1. The molecular weight excluding hydrogens is 356 g/mol. The molecule has 112 valence electrons. The second kappa shape index (κ2) is 6.91. The number of halogens is 1. The van der Waals surface area contributed by atoms with Crippen LogP contribution in [0.25, 0.3) is 0 Å². The van der Waals surface area contributed by atoms with Gasteiger partial charge in [0.1, 0.15) is 11.0 Å². The maximum Gasteiger partial charge on any atom is 0.236 e. The van der Waals surface area contributed by atoms with Crippen LogP contribution in [0.1, 0.15) is 12.7 Å². The lowest BCUT2D eigenvalue weighted by Gasteiger charge is -2.13. The topological polar surface area (TPSA) is 85.3 Å². The SMILES string of the molecule is CC(C(=O)NCc1ccco1)S(=O)c1cc(Br)ccc1N.